The van der Waals surface area contributed by atoms with Gasteiger partial charge in [0.1, 0.15) is 0 Å². The molecule has 0 aromatic heterocycles. The molecule has 4 heteroatoms. The van der Waals surface area contributed by atoms with Crippen LogP contribution < -0.4 is 16.4 Å². The number of nitrogens with one attached hydrogen (secondary N) is 2. The molecule has 0 unspecified atom stereocenters. The van der Waals surface area contributed by atoms with E-state index >= 15 is 0 Å². The monoisotopic (exact) mass is 221 g/mol. The summed E-state index contributed by atoms with van der Waals surface area (Å²) in [6.07, 6.45) is 0. The van der Waals surface area contributed by atoms with E-state index in [1.165, 1.54) is 0 Å². The quantitative estimate of drug-likeness (QED) is 0.667. The van der Waals surface area contributed by atoms with Crippen LogP contribution in [0, 0.1) is 0 Å². The Kier molecular flexibility index (Phi) is 3.77. The number of hydrogen-bond donors (Lipinski definition) is 3. The second-order valence-corrected chi connectivity index (χ2v) is 4.80. The minimum absolute atomic E-state index is 0.163. The van der Waals surface area contributed by atoms with Crippen LogP contribution in [-0.4, -0.2) is 11.6 Å². The third-order valence-electron chi connectivity index (χ3n) is 1.92. The van der Waals surface area contributed by atoms with E-state index in [1.54, 1.807) is 0 Å². The molecule has 0 aliphatic heterocycles. The molecule has 1 rings (SSSR count). The van der Waals surface area contributed by atoms with Gasteiger partial charge in [-0.1, -0.05) is 12.1 Å². The zero-order valence-electron chi connectivity index (χ0n) is 10.0. The molecule has 4 nitrogen and oxygen atoms in total. The van der Waals surface area contributed by atoms with Crippen molar-refractivity contribution < 1.29 is 4.79 Å². The van der Waals surface area contributed by atoms with Crippen LogP contribution >= 0.6 is 0 Å². The summed E-state index contributed by atoms with van der Waals surface area (Å²) in [7, 11) is 0. The molecule has 0 aliphatic rings. The lowest BCUT2D eigenvalue weighted by atomic mass is 10.1. The Hall–Kier alpha value is -1.71. The lowest BCUT2D eigenvalue weighted by Gasteiger charge is -2.20. The van der Waals surface area contributed by atoms with Crippen molar-refractivity contribution in [3.63, 3.8) is 0 Å². The van der Waals surface area contributed by atoms with Crippen LogP contribution in [0.25, 0.3) is 0 Å². The number of nitrogen functional groups attached to an aromatic ring is 1. The number of amides is 2. The Bertz CT molecular complexity index is 352. The number of urea groups is 1. The van der Waals surface area contributed by atoms with Crippen molar-refractivity contribution in [2.75, 3.05) is 5.73 Å². The second kappa shape index (κ2) is 4.88. The maximum Gasteiger partial charge on any atom is 0.315 e. The molecule has 0 radical (unpaired) electrons. The van der Waals surface area contributed by atoms with Gasteiger partial charge in [-0.25, -0.2) is 4.79 Å². The number of nitrogens with two attached hydrogens (primary N) is 1. The summed E-state index contributed by atoms with van der Waals surface area (Å²) >= 11 is 0. The molecule has 16 heavy (non-hydrogen) atoms. The van der Waals surface area contributed by atoms with E-state index in [9.17, 15) is 4.79 Å². The molecule has 0 aliphatic carbocycles. The van der Waals surface area contributed by atoms with Crippen molar-refractivity contribution in [1.29, 1.82) is 0 Å². The SMILES string of the molecule is CC(C)(C)NC(=O)NCc1ccc(N)cc1. The van der Waals surface area contributed by atoms with Gasteiger partial charge < -0.3 is 16.4 Å². The molecule has 0 bridgehead atoms. The fourth-order valence-corrected chi connectivity index (χ4v) is 1.20. The van der Waals surface area contributed by atoms with E-state index in [-0.39, 0.29) is 11.6 Å². The van der Waals surface area contributed by atoms with E-state index in [1.807, 2.05) is 45.0 Å². The first-order valence-corrected chi connectivity index (χ1v) is 5.27. The summed E-state index contributed by atoms with van der Waals surface area (Å²) < 4.78 is 0. The Morgan fingerprint density at radius 2 is 1.81 bits per heavy atom. The standard InChI is InChI=1S/C12H19N3O/c1-12(2,3)15-11(16)14-8-9-4-6-10(13)7-5-9/h4-7H,8,13H2,1-3H3,(H2,14,15,16). The summed E-state index contributed by atoms with van der Waals surface area (Å²) in [4.78, 5) is 11.5. The van der Waals surface area contributed by atoms with Crippen LogP contribution in [-0.2, 0) is 6.54 Å². The highest BCUT2D eigenvalue weighted by atomic mass is 16.2. The van der Waals surface area contributed by atoms with E-state index in [2.05, 4.69) is 10.6 Å². The average Bonchev–Trinajstić information content (AvgIpc) is 2.14. The minimum Gasteiger partial charge on any atom is -0.399 e. The molecule has 0 spiro atoms. The molecule has 4 N–H and O–H groups in total. The van der Waals surface area contributed by atoms with Crippen LogP contribution in [0.15, 0.2) is 24.3 Å². The van der Waals surface area contributed by atoms with Crippen LogP contribution in [0.5, 0.6) is 0 Å². The summed E-state index contributed by atoms with van der Waals surface area (Å²) in [6.45, 7) is 6.32. The van der Waals surface area contributed by atoms with Crippen molar-refractivity contribution >= 4 is 11.7 Å². The maximum atomic E-state index is 11.5. The van der Waals surface area contributed by atoms with Gasteiger partial charge in [-0.15, -0.1) is 0 Å². The molecule has 1 aromatic carbocycles. The summed E-state index contributed by atoms with van der Waals surface area (Å²) in [5, 5.41) is 5.61. The summed E-state index contributed by atoms with van der Waals surface area (Å²) in [6, 6.07) is 7.26. The van der Waals surface area contributed by atoms with Gasteiger partial charge in [-0.05, 0) is 38.5 Å². The number of carbonyl (C=O) groups is 1. The zero-order valence-corrected chi connectivity index (χ0v) is 10.0. The molecular formula is C12H19N3O. The van der Waals surface area contributed by atoms with Gasteiger partial charge in [0.2, 0.25) is 0 Å². The highest BCUT2D eigenvalue weighted by Crippen LogP contribution is 2.05. The molecule has 0 saturated carbocycles. The number of hydrogen-bond acceptors (Lipinski definition) is 2. The highest BCUT2D eigenvalue weighted by Gasteiger charge is 2.12. The average molecular weight is 221 g/mol. The first-order valence-electron chi connectivity index (χ1n) is 5.27. The van der Waals surface area contributed by atoms with Crippen molar-refractivity contribution in [1.82, 2.24) is 10.6 Å². The molecule has 2 amide bonds. The zero-order chi connectivity index (χ0) is 12.2. The summed E-state index contributed by atoms with van der Waals surface area (Å²) in [5.74, 6) is 0. The Balaban J connectivity index is 2.40. The Morgan fingerprint density at radius 1 is 1.25 bits per heavy atom. The highest BCUT2D eigenvalue weighted by molar-refractivity contribution is 5.74. The topological polar surface area (TPSA) is 67.2 Å². The van der Waals surface area contributed by atoms with Crippen LogP contribution in [0.3, 0.4) is 0 Å². The molecule has 0 saturated heterocycles. The Labute approximate surface area is 96.2 Å². The maximum absolute atomic E-state index is 11.5. The van der Waals surface area contributed by atoms with Gasteiger partial charge in [0.05, 0.1) is 0 Å². The third kappa shape index (κ3) is 4.68. The van der Waals surface area contributed by atoms with E-state index in [0.29, 0.717) is 6.54 Å². The number of carbonyl (C=O) groups excluding carboxylic acids is 1. The number of anilines is 1. The minimum atomic E-state index is -0.217. The third-order valence-corrected chi connectivity index (χ3v) is 1.92. The van der Waals surface area contributed by atoms with Gasteiger partial charge in [-0.3, -0.25) is 0 Å². The van der Waals surface area contributed by atoms with Crippen molar-refractivity contribution in [2.45, 2.75) is 32.9 Å². The summed E-state index contributed by atoms with van der Waals surface area (Å²) in [5.41, 5.74) is 7.10. The second-order valence-electron chi connectivity index (χ2n) is 4.80. The fourth-order valence-electron chi connectivity index (χ4n) is 1.20. The van der Waals surface area contributed by atoms with Crippen molar-refractivity contribution in [3.05, 3.63) is 29.8 Å². The van der Waals surface area contributed by atoms with Crippen LogP contribution in [0.4, 0.5) is 10.5 Å². The fraction of sp³-hybridized carbons (Fsp3) is 0.417. The smallest absolute Gasteiger partial charge is 0.315 e. The normalized spacial score (nSPS) is 10.9. The lowest BCUT2D eigenvalue weighted by Crippen LogP contribution is -2.46. The van der Waals surface area contributed by atoms with E-state index in [0.717, 1.165) is 11.3 Å². The van der Waals surface area contributed by atoms with Gasteiger partial charge in [0.25, 0.3) is 0 Å². The largest absolute Gasteiger partial charge is 0.399 e. The van der Waals surface area contributed by atoms with E-state index < -0.39 is 0 Å². The molecule has 88 valence electrons. The van der Waals surface area contributed by atoms with Crippen molar-refractivity contribution in [2.24, 2.45) is 0 Å². The van der Waals surface area contributed by atoms with Crippen molar-refractivity contribution in [3.8, 4) is 0 Å². The molecule has 0 heterocycles. The molecule has 1 aromatic rings. The predicted octanol–water partition coefficient (Wildman–Crippen LogP) is 1.87. The first kappa shape index (κ1) is 12.4. The van der Waals surface area contributed by atoms with Crippen LogP contribution in [0.2, 0.25) is 0 Å². The van der Waals surface area contributed by atoms with Gasteiger partial charge in [0, 0.05) is 17.8 Å². The Morgan fingerprint density at radius 3 is 2.31 bits per heavy atom. The lowest BCUT2D eigenvalue weighted by molar-refractivity contribution is 0.231. The molecule has 0 fully saturated rings. The van der Waals surface area contributed by atoms with Crippen LogP contribution in [0.1, 0.15) is 26.3 Å². The van der Waals surface area contributed by atoms with Gasteiger partial charge in [-0.2, -0.15) is 0 Å². The van der Waals surface area contributed by atoms with Gasteiger partial charge in [0.15, 0.2) is 0 Å². The molecular weight excluding hydrogens is 202 g/mol. The first-order chi connectivity index (χ1) is 7.37. The van der Waals surface area contributed by atoms with E-state index in [4.69, 9.17) is 5.73 Å². The predicted molar refractivity (Wildman–Crippen MR) is 66.0 cm³/mol. The molecule has 0 atom stereocenters. The van der Waals surface area contributed by atoms with Gasteiger partial charge >= 0.3 is 6.03 Å². The number of rotatable bonds is 2. The number of benzene rings is 1.